The quantitative estimate of drug-likeness (QED) is 0.475. The number of carbonyl (C=O) groups excluding carboxylic acids is 2. The van der Waals surface area contributed by atoms with Gasteiger partial charge in [0.1, 0.15) is 17.1 Å². The molecule has 6 nitrogen and oxygen atoms in total. The maximum absolute atomic E-state index is 13.5. The number of carbonyl (C=O) groups is 2. The molecule has 170 valence electrons. The second-order valence-electron chi connectivity index (χ2n) is 8.94. The molecule has 0 aliphatic heterocycles. The van der Waals surface area contributed by atoms with Crippen molar-refractivity contribution in [1.29, 1.82) is 0 Å². The van der Waals surface area contributed by atoms with Crippen molar-refractivity contribution >= 4 is 45.9 Å². The van der Waals surface area contributed by atoms with Crippen molar-refractivity contribution < 1.29 is 23.1 Å². The Morgan fingerprint density at radius 2 is 1.85 bits per heavy atom. The number of ketones is 1. The van der Waals surface area contributed by atoms with Crippen LogP contribution in [0.15, 0.2) is 51.7 Å². The fourth-order valence-corrected chi connectivity index (χ4v) is 5.34. The van der Waals surface area contributed by atoms with Crippen LogP contribution in [-0.2, 0) is 4.79 Å². The Morgan fingerprint density at radius 3 is 2.58 bits per heavy atom. The maximum atomic E-state index is 13.5. The zero-order valence-electron chi connectivity index (χ0n) is 17.3. The van der Waals surface area contributed by atoms with Gasteiger partial charge in [-0.2, -0.15) is 0 Å². The molecule has 1 aromatic heterocycles. The van der Waals surface area contributed by atoms with E-state index in [9.17, 15) is 18.8 Å². The number of rotatable bonds is 7. The van der Waals surface area contributed by atoms with Crippen LogP contribution in [0.25, 0.3) is 11.0 Å². The van der Waals surface area contributed by atoms with Crippen LogP contribution in [0.3, 0.4) is 0 Å². The van der Waals surface area contributed by atoms with Crippen molar-refractivity contribution in [3.8, 4) is 5.75 Å². The third-order valence-electron chi connectivity index (χ3n) is 6.31. The predicted octanol–water partition coefficient (Wildman–Crippen LogP) is 4.93. The van der Waals surface area contributed by atoms with Gasteiger partial charge in [0.05, 0.1) is 10.4 Å². The zero-order valence-corrected chi connectivity index (χ0v) is 18.8. The molecule has 0 radical (unpaired) electrons. The second-order valence-corrected chi connectivity index (χ2v) is 9.78. The van der Waals surface area contributed by atoms with Crippen LogP contribution < -0.4 is 15.5 Å². The van der Waals surface area contributed by atoms with E-state index in [1.165, 1.54) is 24.3 Å². The molecule has 9 heteroatoms. The summed E-state index contributed by atoms with van der Waals surface area (Å²) in [5, 5.41) is 3.71. The lowest BCUT2D eigenvalue weighted by atomic mass is 9.38. The molecule has 1 amide bonds. The molecule has 0 spiro atoms. The van der Waals surface area contributed by atoms with Crippen molar-refractivity contribution in [2.24, 2.45) is 5.41 Å². The molecule has 3 aliphatic carbocycles. The topological polar surface area (TPSA) is 85.6 Å². The highest BCUT2D eigenvalue weighted by atomic mass is 35.5. The van der Waals surface area contributed by atoms with Gasteiger partial charge in [-0.25, -0.2) is 4.39 Å². The van der Waals surface area contributed by atoms with Gasteiger partial charge in [-0.05, 0) is 48.9 Å². The first-order valence-electron chi connectivity index (χ1n) is 10.3. The molecular weight excluding hydrogens is 472 g/mol. The third-order valence-corrected chi connectivity index (χ3v) is 6.85. The molecule has 2 aromatic carbocycles. The van der Waals surface area contributed by atoms with E-state index >= 15 is 0 Å². The summed E-state index contributed by atoms with van der Waals surface area (Å²) >= 11 is 11.6. The number of fused-ring (bicyclic) bond motifs is 1. The first kappa shape index (κ1) is 21.9. The van der Waals surface area contributed by atoms with Gasteiger partial charge in [-0.3, -0.25) is 14.4 Å². The summed E-state index contributed by atoms with van der Waals surface area (Å²) in [6.07, 6.45) is 2.23. The van der Waals surface area contributed by atoms with Gasteiger partial charge in [0.2, 0.25) is 0 Å². The molecule has 0 atom stereocenters. The van der Waals surface area contributed by atoms with Crippen LogP contribution in [0.5, 0.6) is 5.75 Å². The van der Waals surface area contributed by atoms with E-state index in [0.717, 1.165) is 6.07 Å². The fraction of sp³-hybridized carbons (Fsp3) is 0.292. The van der Waals surface area contributed by atoms with E-state index in [2.05, 4.69) is 5.32 Å². The number of ether oxygens (including phenoxy) is 1. The van der Waals surface area contributed by atoms with Crippen LogP contribution in [-0.4, -0.2) is 23.8 Å². The summed E-state index contributed by atoms with van der Waals surface area (Å²) in [6.45, 7) is -0.250. The lowest BCUT2D eigenvalue weighted by Crippen LogP contribution is -2.75. The molecule has 1 heterocycles. The summed E-state index contributed by atoms with van der Waals surface area (Å²) in [4.78, 5) is 37.3. The Bertz CT molecular complexity index is 1350. The molecule has 3 aromatic rings. The SMILES string of the molecule is O=C(COc1ccc(Cl)c(F)c1)NC12CC(CC(=O)c3cc(=O)c4ccc(Cl)cc4o3)(C1)C2. The first-order valence-corrected chi connectivity index (χ1v) is 11.1. The van der Waals surface area contributed by atoms with E-state index in [1.54, 1.807) is 12.1 Å². The highest BCUT2D eigenvalue weighted by Crippen LogP contribution is 2.69. The Labute approximate surface area is 197 Å². The third kappa shape index (κ3) is 4.11. The van der Waals surface area contributed by atoms with Gasteiger partial charge < -0.3 is 14.5 Å². The van der Waals surface area contributed by atoms with Crippen molar-refractivity contribution in [1.82, 2.24) is 5.32 Å². The van der Waals surface area contributed by atoms with Gasteiger partial charge >= 0.3 is 0 Å². The molecule has 0 saturated heterocycles. The Balaban J connectivity index is 1.16. The second kappa shape index (κ2) is 7.85. The lowest BCUT2D eigenvalue weighted by molar-refractivity contribution is -0.164. The van der Waals surface area contributed by atoms with E-state index in [0.29, 0.717) is 29.7 Å². The summed E-state index contributed by atoms with van der Waals surface area (Å²) in [5.74, 6) is -0.957. The number of nitrogens with one attached hydrogen (secondary N) is 1. The minimum Gasteiger partial charge on any atom is -0.484 e. The molecule has 3 fully saturated rings. The molecule has 6 rings (SSSR count). The highest BCUT2D eigenvalue weighted by molar-refractivity contribution is 6.31. The zero-order chi connectivity index (χ0) is 23.4. The number of hydrogen-bond donors (Lipinski definition) is 1. The molecule has 3 aliphatic rings. The smallest absolute Gasteiger partial charge is 0.258 e. The first-order chi connectivity index (χ1) is 15.7. The summed E-state index contributed by atoms with van der Waals surface area (Å²) < 4.78 is 24.4. The van der Waals surface area contributed by atoms with E-state index in [-0.39, 0.29) is 63.2 Å². The average Bonchev–Trinajstić information content (AvgIpc) is 2.71. The lowest BCUT2D eigenvalue weighted by Gasteiger charge is -2.70. The number of benzene rings is 2. The van der Waals surface area contributed by atoms with Crippen LogP contribution >= 0.6 is 23.2 Å². The van der Waals surface area contributed by atoms with Gasteiger partial charge in [0.15, 0.2) is 23.6 Å². The number of hydrogen-bond acceptors (Lipinski definition) is 5. The van der Waals surface area contributed by atoms with Crippen molar-refractivity contribution in [2.45, 2.75) is 31.2 Å². The van der Waals surface area contributed by atoms with Crippen LogP contribution in [0.1, 0.15) is 36.2 Å². The average molecular weight is 490 g/mol. The Hall–Kier alpha value is -2.90. The number of Topliss-reactive ketones (excluding diaryl/α,β-unsaturated/α-hetero) is 1. The highest BCUT2D eigenvalue weighted by Gasteiger charge is 2.68. The van der Waals surface area contributed by atoms with E-state index in [4.69, 9.17) is 32.4 Å². The fourth-order valence-electron chi connectivity index (χ4n) is 5.06. The molecule has 3 saturated carbocycles. The van der Waals surface area contributed by atoms with Crippen molar-refractivity contribution in [3.63, 3.8) is 0 Å². The van der Waals surface area contributed by atoms with E-state index in [1.807, 2.05) is 0 Å². The van der Waals surface area contributed by atoms with Crippen LogP contribution in [0.4, 0.5) is 4.39 Å². The van der Waals surface area contributed by atoms with Gasteiger partial charge in [0.25, 0.3) is 5.91 Å². The Morgan fingerprint density at radius 1 is 1.09 bits per heavy atom. The Kier molecular flexibility index (Phi) is 5.21. The maximum Gasteiger partial charge on any atom is 0.258 e. The summed E-state index contributed by atoms with van der Waals surface area (Å²) in [7, 11) is 0. The standard InChI is InChI=1S/C24H18Cl2FNO5/c25-13-1-3-15-18(29)7-21(33-20(15)5-13)19(30)8-23-10-24(11-23,12-23)28-22(31)9-32-14-2-4-16(26)17(27)6-14/h1-7H,8-12H2,(H,28,31). The van der Waals surface area contributed by atoms with E-state index < -0.39 is 5.82 Å². The number of amides is 1. The predicted molar refractivity (Wildman–Crippen MR) is 121 cm³/mol. The van der Waals surface area contributed by atoms with Gasteiger partial charge in [-0.15, -0.1) is 0 Å². The van der Waals surface area contributed by atoms with Crippen molar-refractivity contribution in [2.75, 3.05) is 6.61 Å². The monoisotopic (exact) mass is 489 g/mol. The molecule has 2 bridgehead atoms. The summed E-state index contributed by atoms with van der Waals surface area (Å²) in [6, 6.07) is 9.86. The van der Waals surface area contributed by atoms with Crippen molar-refractivity contribution in [3.05, 3.63) is 74.3 Å². The molecule has 0 unspecified atom stereocenters. The number of halogens is 3. The van der Waals surface area contributed by atoms with Crippen LogP contribution in [0.2, 0.25) is 10.0 Å². The van der Waals surface area contributed by atoms with Gasteiger partial charge in [-0.1, -0.05) is 23.2 Å². The molecule has 33 heavy (non-hydrogen) atoms. The normalized spacial score (nSPS) is 22.9. The van der Waals surface area contributed by atoms with Crippen LogP contribution in [0, 0.1) is 11.2 Å². The largest absolute Gasteiger partial charge is 0.484 e. The minimum atomic E-state index is -0.619. The summed E-state index contributed by atoms with van der Waals surface area (Å²) in [5.41, 5.74) is -0.561. The van der Waals surface area contributed by atoms with Gasteiger partial charge in [0, 0.05) is 35.2 Å². The molecule has 1 N–H and O–H groups in total. The minimum absolute atomic E-state index is 0.0150. The molecular formula is C24H18Cl2FNO5.